The van der Waals surface area contributed by atoms with Crippen molar-refractivity contribution in [2.45, 2.75) is 56.7 Å². The molecule has 0 bridgehead atoms. The molecule has 0 aliphatic heterocycles. The third-order valence-corrected chi connectivity index (χ3v) is 9.24. The number of aryl methyl sites for hydroxylation is 1. The number of nitrogens with zero attached hydrogens (tertiary/aromatic N) is 2. The van der Waals surface area contributed by atoms with Crippen LogP contribution in [-0.2, 0) is 29.5 Å². The Morgan fingerprint density at radius 1 is 0.822 bits per heavy atom. The standard InChI is InChI=1S/C38H40N4O3/c1-41-26-32(31-17-9-10-18-33(31)41)36(44)40-38(21-11-4-12-22-38)37(45)39-34(42(2)35(43)25-27-13-5-3-6-14-27)24-28-19-20-29-15-7-8-16-30(29)23-28/h3,5-10,13-20,23,26,34H,4,11-12,21-22,24-25H2,1-2H3,(H,39,45)(H,40,44). The zero-order valence-corrected chi connectivity index (χ0v) is 26.0. The van der Waals surface area contributed by atoms with Gasteiger partial charge in [-0.15, -0.1) is 0 Å². The molecule has 6 rings (SSSR count). The zero-order chi connectivity index (χ0) is 31.4. The number of aromatic nitrogens is 1. The Hall–Kier alpha value is -4.91. The molecule has 1 heterocycles. The number of benzene rings is 4. The van der Waals surface area contributed by atoms with Crippen molar-refractivity contribution < 1.29 is 14.4 Å². The van der Waals surface area contributed by atoms with Crippen LogP contribution in [-0.4, -0.2) is 45.9 Å². The number of fused-ring (bicyclic) bond motifs is 2. The molecule has 5 aromatic rings. The van der Waals surface area contributed by atoms with Crippen molar-refractivity contribution in [3.63, 3.8) is 0 Å². The fourth-order valence-electron chi connectivity index (χ4n) is 6.60. The van der Waals surface area contributed by atoms with Crippen LogP contribution in [0.1, 0.15) is 53.6 Å². The van der Waals surface area contributed by atoms with Gasteiger partial charge in [0, 0.05) is 37.6 Å². The molecule has 230 valence electrons. The van der Waals surface area contributed by atoms with Crippen molar-refractivity contribution in [1.29, 1.82) is 0 Å². The molecule has 1 aliphatic rings. The van der Waals surface area contributed by atoms with E-state index in [1.54, 1.807) is 11.9 Å². The first-order chi connectivity index (χ1) is 21.8. The number of nitrogens with one attached hydrogen (secondary N) is 2. The van der Waals surface area contributed by atoms with Crippen molar-refractivity contribution >= 4 is 39.4 Å². The van der Waals surface area contributed by atoms with Gasteiger partial charge in [-0.3, -0.25) is 14.4 Å². The molecule has 7 nitrogen and oxygen atoms in total. The number of hydrogen-bond acceptors (Lipinski definition) is 3. The molecule has 1 saturated carbocycles. The van der Waals surface area contributed by atoms with Crippen LogP contribution < -0.4 is 10.6 Å². The van der Waals surface area contributed by atoms with Gasteiger partial charge in [-0.25, -0.2) is 0 Å². The van der Waals surface area contributed by atoms with E-state index in [0.717, 1.165) is 52.1 Å². The van der Waals surface area contributed by atoms with Gasteiger partial charge in [-0.2, -0.15) is 0 Å². The first kappa shape index (κ1) is 30.1. The van der Waals surface area contributed by atoms with E-state index >= 15 is 0 Å². The minimum atomic E-state index is -1.07. The van der Waals surface area contributed by atoms with Crippen molar-refractivity contribution in [2.75, 3.05) is 7.05 Å². The summed E-state index contributed by atoms with van der Waals surface area (Å²) in [6.45, 7) is 0. The molecule has 1 aliphatic carbocycles. The van der Waals surface area contributed by atoms with E-state index in [4.69, 9.17) is 0 Å². The fourth-order valence-corrected chi connectivity index (χ4v) is 6.60. The molecular formula is C38H40N4O3. The molecule has 4 aromatic carbocycles. The van der Waals surface area contributed by atoms with Gasteiger partial charge < -0.3 is 20.1 Å². The highest BCUT2D eigenvalue weighted by Crippen LogP contribution is 2.31. The molecule has 3 amide bonds. The number of hydrogen-bond donors (Lipinski definition) is 2. The second-order valence-electron chi connectivity index (χ2n) is 12.3. The number of carbonyl (C=O) groups is 3. The summed E-state index contributed by atoms with van der Waals surface area (Å²) in [6, 6.07) is 31.8. The minimum absolute atomic E-state index is 0.0928. The third-order valence-electron chi connectivity index (χ3n) is 9.24. The molecule has 1 aromatic heterocycles. The van der Waals surface area contributed by atoms with Crippen LogP contribution in [0, 0.1) is 0 Å². The zero-order valence-electron chi connectivity index (χ0n) is 26.0. The number of rotatable bonds is 9. The first-order valence-corrected chi connectivity index (χ1v) is 15.8. The number of para-hydroxylation sites is 1. The van der Waals surface area contributed by atoms with Gasteiger partial charge in [-0.1, -0.05) is 110 Å². The highest BCUT2D eigenvalue weighted by atomic mass is 16.2. The molecule has 1 fully saturated rings. The topological polar surface area (TPSA) is 83.4 Å². The highest BCUT2D eigenvalue weighted by molar-refractivity contribution is 6.08. The van der Waals surface area contributed by atoms with E-state index in [2.05, 4.69) is 41.0 Å². The molecule has 1 atom stereocenters. The summed E-state index contributed by atoms with van der Waals surface area (Å²) in [6.07, 6.45) is 5.64. The van der Waals surface area contributed by atoms with Crippen molar-refractivity contribution in [3.05, 3.63) is 120 Å². The lowest BCUT2D eigenvalue weighted by molar-refractivity contribution is -0.136. The van der Waals surface area contributed by atoms with E-state index in [0.29, 0.717) is 24.8 Å². The van der Waals surface area contributed by atoms with Gasteiger partial charge >= 0.3 is 0 Å². The average Bonchev–Trinajstić information content (AvgIpc) is 3.41. The molecule has 7 heteroatoms. The maximum Gasteiger partial charge on any atom is 0.254 e. The van der Waals surface area contributed by atoms with Gasteiger partial charge in [0.25, 0.3) is 5.91 Å². The van der Waals surface area contributed by atoms with Crippen molar-refractivity contribution in [2.24, 2.45) is 7.05 Å². The predicted molar refractivity (Wildman–Crippen MR) is 179 cm³/mol. The van der Waals surface area contributed by atoms with Crippen molar-refractivity contribution in [3.8, 4) is 0 Å². The van der Waals surface area contributed by atoms with Crippen LogP contribution in [0.2, 0.25) is 0 Å². The van der Waals surface area contributed by atoms with E-state index in [1.165, 1.54) is 0 Å². The molecular weight excluding hydrogens is 560 g/mol. The minimum Gasteiger partial charge on any atom is -0.350 e. The first-order valence-electron chi connectivity index (χ1n) is 15.8. The molecule has 0 saturated heterocycles. The smallest absolute Gasteiger partial charge is 0.254 e. The summed E-state index contributed by atoms with van der Waals surface area (Å²) in [5.41, 5.74) is 2.36. The SMILES string of the molecule is CN(C(=O)Cc1ccccc1)C(Cc1ccc2ccccc2c1)NC(=O)C1(NC(=O)c2cn(C)c3ccccc23)CCCCC1. The van der Waals surface area contributed by atoms with Gasteiger partial charge in [0.1, 0.15) is 11.7 Å². The maximum absolute atomic E-state index is 14.4. The van der Waals surface area contributed by atoms with Crippen LogP contribution in [0.4, 0.5) is 0 Å². The van der Waals surface area contributed by atoms with Gasteiger partial charge in [0.2, 0.25) is 11.8 Å². The number of carbonyl (C=O) groups excluding carboxylic acids is 3. The third kappa shape index (κ3) is 6.48. The molecule has 1 unspecified atom stereocenters. The predicted octanol–water partition coefficient (Wildman–Crippen LogP) is 6.15. The van der Waals surface area contributed by atoms with Gasteiger partial charge in [0.15, 0.2) is 0 Å². The Morgan fingerprint density at radius 3 is 2.29 bits per heavy atom. The Bertz CT molecular complexity index is 1840. The summed E-state index contributed by atoms with van der Waals surface area (Å²) in [4.78, 5) is 43.4. The van der Waals surface area contributed by atoms with Crippen LogP contribution in [0.3, 0.4) is 0 Å². The summed E-state index contributed by atoms with van der Waals surface area (Å²) in [7, 11) is 3.67. The van der Waals surface area contributed by atoms with E-state index in [1.807, 2.05) is 84.5 Å². The van der Waals surface area contributed by atoms with Gasteiger partial charge in [-0.05, 0) is 40.8 Å². The Morgan fingerprint density at radius 2 is 1.51 bits per heavy atom. The van der Waals surface area contributed by atoms with Crippen LogP contribution in [0.25, 0.3) is 21.7 Å². The number of likely N-dealkylation sites (N-methyl/N-ethyl adjacent to an activating group) is 1. The molecule has 45 heavy (non-hydrogen) atoms. The quantitative estimate of drug-likeness (QED) is 0.199. The van der Waals surface area contributed by atoms with Gasteiger partial charge in [0.05, 0.1) is 12.0 Å². The average molecular weight is 601 g/mol. The van der Waals surface area contributed by atoms with Crippen molar-refractivity contribution in [1.82, 2.24) is 20.1 Å². The summed E-state index contributed by atoms with van der Waals surface area (Å²) >= 11 is 0. The second-order valence-corrected chi connectivity index (χ2v) is 12.3. The molecule has 0 spiro atoms. The largest absolute Gasteiger partial charge is 0.350 e. The van der Waals surface area contributed by atoms with E-state index in [9.17, 15) is 14.4 Å². The maximum atomic E-state index is 14.4. The summed E-state index contributed by atoms with van der Waals surface area (Å²) in [5, 5.41) is 9.51. The van der Waals surface area contributed by atoms with E-state index < -0.39 is 11.7 Å². The summed E-state index contributed by atoms with van der Waals surface area (Å²) < 4.78 is 1.94. The Labute approximate surface area is 264 Å². The fraction of sp³-hybridized carbons (Fsp3) is 0.289. The highest BCUT2D eigenvalue weighted by Gasteiger charge is 2.42. The van der Waals surface area contributed by atoms with Crippen LogP contribution in [0.15, 0.2) is 103 Å². The Balaban J connectivity index is 1.28. The lowest BCUT2D eigenvalue weighted by Crippen LogP contribution is -2.63. The lowest BCUT2D eigenvalue weighted by Gasteiger charge is -2.39. The van der Waals surface area contributed by atoms with Crippen LogP contribution in [0.5, 0.6) is 0 Å². The van der Waals surface area contributed by atoms with E-state index in [-0.39, 0.29) is 24.1 Å². The normalized spacial score (nSPS) is 15.0. The lowest BCUT2D eigenvalue weighted by atomic mass is 9.80. The number of amides is 3. The molecule has 2 N–H and O–H groups in total. The van der Waals surface area contributed by atoms with Crippen LogP contribution >= 0.6 is 0 Å². The summed E-state index contributed by atoms with van der Waals surface area (Å²) in [5.74, 6) is -0.603. The Kier molecular flexibility index (Phi) is 8.69. The molecule has 0 radical (unpaired) electrons. The monoisotopic (exact) mass is 600 g/mol. The second kappa shape index (κ2) is 13.0.